The molecular formula is C17H24NS2+. The van der Waals surface area contributed by atoms with E-state index in [9.17, 15) is 0 Å². The summed E-state index contributed by atoms with van der Waals surface area (Å²) in [7, 11) is 6.85. The largest absolute Gasteiger partial charge is 0.331 e. The average molecular weight is 307 g/mol. The fraction of sp³-hybridized carbons (Fsp3) is 0.529. The molecule has 20 heavy (non-hydrogen) atoms. The van der Waals surface area contributed by atoms with Gasteiger partial charge in [-0.1, -0.05) is 6.42 Å². The lowest BCUT2D eigenvalue weighted by Gasteiger charge is -2.23. The molecule has 0 spiro atoms. The van der Waals surface area contributed by atoms with Gasteiger partial charge in [0.25, 0.3) is 0 Å². The molecule has 0 radical (unpaired) electrons. The van der Waals surface area contributed by atoms with Crippen molar-refractivity contribution in [1.29, 1.82) is 0 Å². The number of rotatable bonds is 6. The van der Waals surface area contributed by atoms with Crippen molar-refractivity contribution in [3.05, 3.63) is 34.0 Å². The molecule has 1 nitrogen and oxygen atoms in total. The van der Waals surface area contributed by atoms with Crippen LogP contribution >= 0.6 is 22.7 Å². The zero-order valence-electron chi connectivity index (χ0n) is 12.7. The van der Waals surface area contributed by atoms with Crippen LogP contribution in [0.1, 0.15) is 42.7 Å². The number of hydrogen-bond donors (Lipinski definition) is 0. The Balaban J connectivity index is 1.57. The van der Waals surface area contributed by atoms with E-state index in [1.807, 2.05) is 22.7 Å². The van der Waals surface area contributed by atoms with Crippen LogP contribution in [0.2, 0.25) is 0 Å². The van der Waals surface area contributed by atoms with Gasteiger partial charge in [0.1, 0.15) is 0 Å². The highest BCUT2D eigenvalue weighted by atomic mass is 32.1. The molecule has 0 saturated heterocycles. The first-order valence-corrected chi connectivity index (χ1v) is 9.28. The molecule has 3 rings (SSSR count). The third kappa shape index (κ3) is 2.85. The lowest BCUT2D eigenvalue weighted by atomic mass is 9.93. The van der Waals surface area contributed by atoms with Crippen molar-refractivity contribution in [3.63, 3.8) is 0 Å². The van der Waals surface area contributed by atoms with Gasteiger partial charge in [-0.3, -0.25) is 0 Å². The number of unbranched alkanes of at least 4 members (excludes halogenated alkanes) is 2. The Kier molecular flexibility index (Phi) is 4.02. The smallest absolute Gasteiger partial charge is 0.0780 e. The van der Waals surface area contributed by atoms with Gasteiger partial charge in [-0.15, -0.1) is 22.7 Å². The van der Waals surface area contributed by atoms with Gasteiger partial charge in [0, 0.05) is 15.7 Å². The molecule has 0 fully saturated rings. The monoisotopic (exact) mass is 306 g/mol. The number of hydrogen-bond acceptors (Lipinski definition) is 2. The third-order valence-corrected chi connectivity index (χ3v) is 6.19. The maximum atomic E-state index is 2.35. The Bertz CT molecular complexity index is 534. The number of quaternary nitrogens is 1. The van der Waals surface area contributed by atoms with Crippen molar-refractivity contribution in [2.45, 2.75) is 31.6 Å². The van der Waals surface area contributed by atoms with Crippen LogP contribution in [0.3, 0.4) is 0 Å². The topological polar surface area (TPSA) is 0 Å². The Hall–Kier alpha value is -0.640. The van der Waals surface area contributed by atoms with Crippen LogP contribution in [0.5, 0.6) is 0 Å². The second-order valence-corrected chi connectivity index (χ2v) is 8.66. The van der Waals surface area contributed by atoms with Crippen molar-refractivity contribution in [2.75, 3.05) is 27.7 Å². The third-order valence-electron chi connectivity index (χ3n) is 4.17. The molecule has 0 aromatic carbocycles. The molecular weight excluding hydrogens is 282 g/mol. The van der Waals surface area contributed by atoms with Gasteiger partial charge in [-0.2, -0.15) is 0 Å². The summed E-state index contributed by atoms with van der Waals surface area (Å²) >= 11 is 3.84. The van der Waals surface area contributed by atoms with Gasteiger partial charge in [0.2, 0.25) is 0 Å². The molecule has 2 heterocycles. The minimum Gasteiger partial charge on any atom is -0.331 e. The van der Waals surface area contributed by atoms with E-state index in [1.54, 1.807) is 20.9 Å². The molecule has 0 bridgehead atoms. The fourth-order valence-electron chi connectivity index (χ4n) is 3.15. The summed E-state index contributed by atoms with van der Waals surface area (Å²) in [6.45, 7) is 1.29. The van der Waals surface area contributed by atoms with E-state index in [2.05, 4.69) is 44.0 Å². The summed E-state index contributed by atoms with van der Waals surface area (Å²) in [5, 5.41) is 4.52. The molecule has 0 unspecified atom stereocenters. The average Bonchev–Trinajstić information content (AvgIpc) is 3.02. The van der Waals surface area contributed by atoms with Crippen molar-refractivity contribution in [1.82, 2.24) is 0 Å². The summed E-state index contributed by atoms with van der Waals surface area (Å²) in [6, 6.07) is 4.70. The molecule has 0 amide bonds. The molecule has 0 N–H and O–H groups in total. The first kappa shape index (κ1) is 14.3. The van der Waals surface area contributed by atoms with Gasteiger partial charge < -0.3 is 4.48 Å². The van der Waals surface area contributed by atoms with Crippen molar-refractivity contribution in [2.24, 2.45) is 0 Å². The van der Waals surface area contributed by atoms with Crippen LogP contribution < -0.4 is 0 Å². The summed E-state index contributed by atoms with van der Waals surface area (Å²) in [5.41, 5.74) is 3.20. The molecule has 0 atom stereocenters. The SMILES string of the molecule is C[N+](C)(C)CCCCCC1c2ccsc2-c2sccc21. The maximum Gasteiger partial charge on any atom is 0.0780 e. The van der Waals surface area contributed by atoms with E-state index in [0.717, 1.165) is 4.48 Å². The highest BCUT2D eigenvalue weighted by Gasteiger charge is 2.30. The Morgan fingerprint density at radius 3 is 2.05 bits per heavy atom. The highest BCUT2D eigenvalue weighted by molar-refractivity contribution is 7.20. The first-order valence-electron chi connectivity index (χ1n) is 7.52. The Morgan fingerprint density at radius 2 is 1.50 bits per heavy atom. The molecule has 1 aliphatic carbocycles. The predicted octanol–water partition coefficient (Wildman–Crippen LogP) is 5.19. The Morgan fingerprint density at radius 1 is 0.900 bits per heavy atom. The predicted molar refractivity (Wildman–Crippen MR) is 90.8 cm³/mol. The first-order chi connectivity index (χ1) is 9.56. The summed E-state index contributed by atoms with van der Waals surface area (Å²) < 4.78 is 1.09. The van der Waals surface area contributed by atoms with E-state index in [1.165, 1.54) is 32.2 Å². The van der Waals surface area contributed by atoms with Crippen LogP contribution in [-0.4, -0.2) is 32.2 Å². The second-order valence-electron chi connectivity index (χ2n) is 6.83. The lowest BCUT2D eigenvalue weighted by Crippen LogP contribution is -2.35. The number of nitrogens with zero attached hydrogens (tertiary/aromatic N) is 1. The van der Waals surface area contributed by atoms with Crippen LogP contribution in [0, 0.1) is 0 Å². The van der Waals surface area contributed by atoms with Crippen LogP contribution in [0.25, 0.3) is 9.75 Å². The van der Waals surface area contributed by atoms with Crippen molar-refractivity contribution < 1.29 is 4.48 Å². The van der Waals surface area contributed by atoms with Gasteiger partial charge in [-0.25, -0.2) is 0 Å². The standard InChI is InChI=1S/C17H24NS2/c1-18(2,3)10-6-4-5-7-13-14-8-11-19-16(14)17-15(13)9-12-20-17/h8-9,11-13H,4-7,10H2,1-3H3/q+1. The van der Waals surface area contributed by atoms with Crippen LogP contribution in [0.4, 0.5) is 0 Å². The van der Waals surface area contributed by atoms with Crippen molar-refractivity contribution >= 4 is 22.7 Å². The van der Waals surface area contributed by atoms with E-state index in [4.69, 9.17) is 0 Å². The second kappa shape index (κ2) is 5.63. The zero-order valence-corrected chi connectivity index (χ0v) is 14.3. The lowest BCUT2D eigenvalue weighted by molar-refractivity contribution is -0.870. The van der Waals surface area contributed by atoms with E-state index >= 15 is 0 Å². The molecule has 108 valence electrons. The van der Waals surface area contributed by atoms with Crippen LogP contribution in [-0.2, 0) is 0 Å². The Labute approximate surface area is 130 Å². The summed E-state index contributed by atoms with van der Waals surface area (Å²) in [4.78, 5) is 3.10. The van der Waals surface area contributed by atoms with E-state index in [-0.39, 0.29) is 0 Å². The molecule has 3 heteroatoms. The fourth-order valence-corrected chi connectivity index (χ4v) is 5.28. The molecule has 0 saturated carbocycles. The van der Waals surface area contributed by atoms with Crippen molar-refractivity contribution in [3.8, 4) is 9.75 Å². The maximum absolute atomic E-state index is 2.35. The number of thiophene rings is 2. The molecule has 2 aromatic heterocycles. The van der Waals surface area contributed by atoms with Gasteiger partial charge in [0.05, 0.1) is 27.7 Å². The van der Waals surface area contributed by atoms with E-state index in [0.29, 0.717) is 5.92 Å². The van der Waals surface area contributed by atoms with Gasteiger partial charge in [-0.05, 0) is 53.3 Å². The molecule has 2 aromatic rings. The minimum absolute atomic E-state index is 0.682. The van der Waals surface area contributed by atoms with Gasteiger partial charge in [0.15, 0.2) is 0 Å². The van der Waals surface area contributed by atoms with E-state index < -0.39 is 0 Å². The molecule has 0 aliphatic heterocycles. The highest BCUT2D eigenvalue weighted by Crippen LogP contribution is 2.51. The number of fused-ring (bicyclic) bond motifs is 3. The zero-order chi connectivity index (χ0) is 14.2. The summed E-state index contributed by atoms with van der Waals surface area (Å²) in [5.74, 6) is 0.682. The normalized spacial score (nSPS) is 14.6. The molecule has 1 aliphatic rings. The van der Waals surface area contributed by atoms with Gasteiger partial charge >= 0.3 is 0 Å². The minimum atomic E-state index is 0.682. The quantitative estimate of drug-likeness (QED) is 0.509. The summed E-state index contributed by atoms with van der Waals surface area (Å²) in [6.07, 6.45) is 5.40. The van der Waals surface area contributed by atoms with Crippen LogP contribution in [0.15, 0.2) is 22.9 Å².